The summed E-state index contributed by atoms with van der Waals surface area (Å²) in [5.74, 6) is -1.36. The maximum absolute atomic E-state index is 11.0. The van der Waals surface area contributed by atoms with E-state index in [1.807, 2.05) is 0 Å². The average molecular weight is 271 g/mol. The Balaban J connectivity index is 0. The number of carbonyl (C=O) groups is 1. The predicted octanol–water partition coefficient (Wildman–Crippen LogP) is -1.63. The highest BCUT2D eigenvalue weighted by Crippen LogP contribution is 2.36. The summed E-state index contributed by atoms with van der Waals surface area (Å²) in [6, 6.07) is -1.11. The summed E-state index contributed by atoms with van der Waals surface area (Å²) in [5, 5.41) is 9.31. The van der Waals surface area contributed by atoms with Crippen molar-refractivity contribution in [1.29, 1.82) is 5.41 Å². The van der Waals surface area contributed by atoms with E-state index in [9.17, 15) is 9.36 Å². The Bertz CT molecular complexity index is 305. The molecule has 0 aromatic carbocycles. The second-order valence-corrected chi connectivity index (χ2v) is 4.15. The Labute approximate surface area is 98.0 Å². The molecule has 17 heavy (non-hydrogen) atoms. The minimum atomic E-state index is -4.83. The van der Waals surface area contributed by atoms with E-state index >= 15 is 0 Å². The summed E-state index contributed by atoms with van der Waals surface area (Å²) >= 11 is 0. The highest BCUT2D eigenvalue weighted by molar-refractivity contribution is 7.46. The van der Waals surface area contributed by atoms with E-state index < -0.39 is 19.8 Å². The molecule has 0 saturated carbocycles. The van der Waals surface area contributed by atoms with Crippen molar-refractivity contribution in [3.63, 3.8) is 0 Å². The van der Waals surface area contributed by atoms with Crippen LogP contribution in [0.3, 0.4) is 0 Å². The molecule has 0 bridgehead atoms. The van der Waals surface area contributed by atoms with Crippen molar-refractivity contribution in [2.45, 2.75) is 18.9 Å². The van der Waals surface area contributed by atoms with Crippen molar-refractivity contribution in [3.05, 3.63) is 0 Å². The number of guanidine groups is 1. The van der Waals surface area contributed by atoms with E-state index in [0.29, 0.717) is 13.0 Å². The molecule has 0 saturated heterocycles. The number of rotatable bonds is 6. The minimum Gasteiger partial charge on any atom is -0.370 e. The molecule has 11 N–H and O–H groups in total. The van der Waals surface area contributed by atoms with E-state index in [1.165, 1.54) is 0 Å². The van der Waals surface area contributed by atoms with Gasteiger partial charge in [-0.2, -0.15) is 0 Å². The molecule has 0 aliphatic carbocycles. The predicted molar refractivity (Wildman–Crippen MR) is 60.3 cm³/mol. The van der Waals surface area contributed by atoms with Crippen LogP contribution in [0.5, 0.6) is 0 Å². The van der Waals surface area contributed by atoms with Crippen LogP contribution >= 0.6 is 7.82 Å². The number of phosphoric ester groups is 1. The molecule has 0 rings (SSSR count). The molecule has 0 radical (unpaired) electrons. The van der Waals surface area contributed by atoms with E-state index in [1.54, 1.807) is 0 Å². The van der Waals surface area contributed by atoms with Gasteiger partial charge in [0.1, 0.15) is 6.04 Å². The van der Waals surface area contributed by atoms with Gasteiger partial charge in [-0.1, -0.05) is 0 Å². The molecule has 102 valence electrons. The van der Waals surface area contributed by atoms with Crippen LogP contribution in [0.2, 0.25) is 0 Å². The molecule has 0 heterocycles. The lowest BCUT2D eigenvalue weighted by atomic mass is 10.2. The van der Waals surface area contributed by atoms with Gasteiger partial charge in [0.25, 0.3) is 0 Å². The van der Waals surface area contributed by atoms with Gasteiger partial charge in [-0.05, 0) is 12.8 Å². The van der Waals surface area contributed by atoms with Crippen molar-refractivity contribution >= 4 is 19.8 Å². The summed E-state index contributed by atoms with van der Waals surface area (Å²) in [7, 11) is -4.83. The van der Waals surface area contributed by atoms with E-state index in [-0.39, 0.29) is 18.5 Å². The van der Waals surface area contributed by atoms with Crippen LogP contribution in [-0.4, -0.2) is 34.3 Å². The summed E-state index contributed by atoms with van der Waals surface area (Å²) in [4.78, 5) is 27.6. The number of hydrogen-bond acceptors (Lipinski definition) is 6. The number of nitrogens with one attached hydrogen (secondary N) is 2. The van der Waals surface area contributed by atoms with Gasteiger partial charge in [0.05, 0.1) is 0 Å². The van der Waals surface area contributed by atoms with Gasteiger partial charge >= 0.3 is 13.8 Å². The Hall–Kier alpha value is -1.19. The summed E-state index contributed by atoms with van der Waals surface area (Å²) in [6.07, 6.45) is 0.579. The second kappa shape index (κ2) is 7.98. The van der Waals surface area contributed by atoms with Gasteiger partial charge in [-0.3, -0.25) is 15.2 Å². The molecular formula is C6H18N5O5P. The molecule has 0 fully saturated rings. The van der Waals surface area contributed by atoms with E-state index in [0.717, 1.165) is 0 Å². The lowest BCUT2D eigenvalue weighted by Gasteiger charge is -2.11. The van der Waals surface area contributed by atoms with Crippen molar-refractivity contribution in [3.8, 4) is 0 Å². The largest absolute Gasteiger partial charge is 0.527 e. The lowest BCUT2D eigenvalue weighted by Crippen LogP contribution is -2.34. The fourth-order valence-corrected chi connectivity index (χ4v) is 1.22. The molecule has 0 aliphatic rings. The van der Waals surface area contributed by atoms with Crippen LogP contribution in [0.15, 0.2) is 0 Å². The molecule has 0 amide bonds. The van der Waals surface area contributed by atoms with Gasteiger partial charge in [0.2, 0.25) is 0 Å². The van der Waals surface area contributed by atoms with Gasteiger partial charge < -0.3 is 27.5 Å². The van der Waals surface area contributed by atoms with Crippen LogP contribution in [0.25, 0.3) is 0 Å². The molecule has 0 aromatic rings. The van der Waals surface area contributed by atoms with Crippen LogP contribution in [-0.2, 0) is 13.9 Å². The van der Waals surface area contributed by atoms with Crippen molar-refractivity contribution in [1.82, 2.24) is 11.5 Å². The highest BCUT2D eigenvalue weighted by Gasteiger charge is 2.24. The number of carbonyl (C=O) groups excluding carboxylic acids is 1. The monoisotopic (exact) mass is 271 g/mol. The van der Waals surface area contributed by atoms with Crippen LogP contribution in [0, 0.1) is 5.41 Å². The summed E-state index contributed by atoms with van der Waals surface area (Å²) in [6.45, 7) is 0.340. The second-order valence-electron chi connectivity index (χ2n) is 2.99. The minimum absolute atomic E-state index is 0. The van der Waals surface area contributed by atoms with Crippen molar-refractivity contribution in [2.24, 2.45) is 11.5 Å². The number of nitrogens with two attached hydrogens (primary N) is 2. The normalized spacial score (nSPS) is 12.2. The zero-order chi connectivity index (χ0) is 12.8. The first kappa shape index (κ1) is 18.2. The zero-order valence-electron chi connectivity index (χ0n) is 9.13. The third-order valence-corrected chi connectivity index (χ3v) is 1.94. The maximum Gasteiger partial charge on any atom is 0.527 e. The SMILES string of the molecule is N.N=C(N)NCCC[C@H](N)C(=O)OP(=O)(O)O. The molecule has 11 heteroatoms. The topological polar surface area (TPSA) is 207 Å². The Morgan fingerprint density at radius 3 is 2.47 bits per heavy atom. The van der Waals surface area contributed by atoms with Crippen LogP contribution in [0.1, 0.15) is 12.8 Å². The molecule has 1 atom stereocenters. The molecule has 0 aliphatic heterocycles. The molecular weight excluding hydrogens is 253 g/mol. The van der Waals surface area contributed by atoms with Gasteiger partial charge in [0.15, 0.2) is 5.96 Å². The maximum atomic E-state index is 11.0. The average Bonchev–Trinajstić information content (AvgIpc) is 2.08. The number of phosphoric acid groups is 1. The fraction of sp³-hybridized carbons (Fsp3) is 0.667. The van der Waals surface area contributed by atoms with Gasteiger partial charge in [-0.15, -0.1) is 0 Å². The Kier molecular flexibility index (Phi) is 8.54. The Morgan fingerprint density at radius 1 is 1.53 bits per heavy atom. The fourth-order valence-electron chi connectivity index (χ4n) is 0.848. The molecule has 0 aromatic heterocycles. The summed E-state index contributed by atoms with van der Waals surface area (Å²) in [5.41, 5.74) is 10.3. The van der Waals surface area contributed by atoms with Crippen molar-refractivity contribution in [2.75, 3.05) is 6.54 Å². The quantitative estimate of drug-likeness (QED) is 0.128. The summed E-state index contributed by atoms with van der Waals surface area (Å²) < 4.78 is 14.1. The number of hydrogen-bond donors (Lipinski definition) is 7. The molecule has 10 nitrogen and oxygen atoms in total. The zero-order valence-corrected chi connectivity index (χ0v) is 10.0. The first-order valence-corrected chi connectivity index (χ1v) is 5.88. The van der Waals surface area contributed by atoms with Crippen molar-refractivity contribution < 1.29 is 23.7 Å². The Morgan fingerprint density at radius 2 is 2.06 bits per heavy atom. The van der Waals surface area contributed by atoms with E-state index in [4.69, 9.17) is 26.7 Å². The van der Waals surface area contributed by atoms with Crippen LogP contribution < -0.4 is 22.9 Å². The first-order chi connectivity index (χ1) is 7.22. The smallest absolute Gasteiger partial charge is 0.370 e. The van der Waals surface area contributed by atoms with E-state index in [2.05, 4.69) is 9.84 Å². The van der Waals surface area contributed by atoms with Crippen LogP contribution in [0.4, 0.5) is 0 Å². The third kappa shape index (κ3) is 11.1. The highest BCUT2D eigenvalue weighted by atomic mass is 31.2. The van der Waals surface area contributed by atoms with Gasteiger partial charge in [-0.25, -0.2) is 9.36 Å². The molecule has 0 unspecified atom stereocenters. The first-order valence-electron chi connectivity index (χ1n) is 4.35. The molecule has 0 spiro atoms. The lowest BCUT2D eigenvalue weighted by molar-refractivity contribution is -0.137. The van der Waals surface area contributed by atoms with Gasteiger partial charge in [0, 0.05) is 6.54 Å². The third-order valence-electron chi connectivity index (χ3n) is 1.52. The standard InChI is InChI=1S/C6H15N4O5P.H3N/c7-4(2-1-3-10-6(8)9)5(11)15-16(12,13)14;/h4H,1-3,7H2,(H4,8,9,10)(H2,12,13,14);1H3/t4-;/m0./s1.